The smallest absolute Gasteiger partial charge is 0.399 e. The molecular weight excluding hydrogens is 241 g/mol. The second kappa shape index (κ2) is 3.80. The summed E-state index contributed by atoms with van der Waals surface area (Å²) >= 11 is 0. The average molecular weight is 259 g/mol. The Bertz CT molecular complexity index is 620. The van der Waals surface area contributed by atoms with Crippen LogP contribution in [-0.2, 0) is 9.31 Å². The van der Waals surface area contributed by atoms with Crippen LogP contribution in [0.15, 0.2) is 18.5 Å². The molecule has 5 nitrogen and oxygen atoms in total. The van der Waals surface area contributed by atoms with E-state index in [1.807, 2.05) is 51.2 Å². The summed E-state index contributed by atoms with van der Waals surface area (Å²) in [7, 11) is -0.405. The van der Waals surface area contributed by atoms with Crippen molar-refractivity contribution in [1.29, 1.82) is 0 Å². The Balaban J connectivity index is 2.08. The molecule has 3 heterocycles. The zero-order valence-electron chi connectivity index (χ0n) is 12.0. The summed E-state index contributed by atoms with van der Waals surface area (Å²) in [6.45, 7) is 10.2. The third-order valence-corrected chi connectivity index (χ3v) is 4.20. The number of fused-ring (bicyclic) bond motifs is 1. The maximum atomic E-state index is 6.06. The molecule has 2 aromatic heterocycles. The minimum atomic E-state index is -0.405. The van der Waals surface area contributed by atoms with Crippen LogP contribution in [0.3, 0.4) is 0 Å². The highest BCUT2D eigenvalue weighted by Gasteiger charge is 2.52. The summed E-state index contributed by atoms with van der Waals surface area (Å²) in [4.78, 5) is 0. The Kier molecular flexibility index (Phi) is 2.53. The molecule has 0 atom stereocenters. The van der Waals surface area contributed by atoms with Crippen molar-refractivity contribution in [3.8, 4) is 0 Å². The van der Waals surface area contributed by atoms with Gasteiger partial charge in [0.05, 0.1) is 11.2 Å². The van der Waals surface area contributed by atoms with Gasteiger partial charge in [0.2, 0.25) is 0 Å². The van der Waals surface area contributed by atoms with E-state index in [4.69, 9.17) is 9.31 Å². The molecule has 1 aliphatic heterocycles. The molecular formula is C13H18BN3O2. The zero-order valence-corrected chi connectivity index (χ0v) is 12.0. The van der Waals surface area contributed by atoms with Crippen LogP contribution in [0.4, 0.5) is 0 Å². The van der Waals surface area contributed by atoms with Gasteiger partial charge < -0.3 is 9.31 Å². The zero-order chi connectivity index (χ0) is 13.8. The molecule has 0 saturated carbocycles. The Morgan fingerprint density at radius 1 is 1.11 bits per heavy atom. The minimum absolute atomic E-state index is 0.348. The molecule has 1 saturated heterocycles. The Morgan fingerprint density at radius 2 is 1.74 bits per heavy atom. The Labute approximate surface area is 113 Å². The van der Waals surface area contributed by atoms with Crippen LogP contribution in [0.2, 0.25) is 0 Å². The lowest BCUT2D eigenvalue weighted by Crippen LogP contribution is -2.41. The van der Waals surface area contributed by atoms with Crippen LogP contribution in [0, 0.1) is 6.92 Å². The second-order valence-electron chi connectivity index (χ2n) is 6.04. The lowest BCUT2D eigenvalue weighted by Gasteiger charge is -2.32. The maximum absolute atomic E-state index is 6.06. The van der Waals surface area contributed by atoms with Crippen LogP contribution < -0.4 is 5.46 Å². The molecule has 0 radical (unpaired) electrons. The van der Waals surface area contributed by atoms with Gasteiger partial charge in [0.25, 0.3) is 0 Å². The molecule has 0 N–H and O–H groups in total. The van der Waals surface area contributed by atoms with E-state index in [1.165, 1.54) is 0 Å². The number of aryl methyl sites for hydroxylation is 1. The summed E-state index contributed by atoms with van der Waals surface area (Å²) < 4.78 is 14.1. The van der Waals surface area contributed by atoms with Crippen LogP contribution in [0.1, 0.15) is 33.4 Å². The SMILES string of the molecule is Cc1ccc(B2OC(C)(C)C(C)(C)O2)c2nncn12. The minimum Gasteiger partial charge on any atom is -0.399 e. The molecule has 0 aromatic carbocycles. The van der Waals surface area contributed by atoms with E-state index >= 15 is 0 Å². The van der Waals surface area contributed by atoms with Crippen molar-refractivity contribution in [3.63, 3.8) is 0 Å². The predicted molar refractivity (Wildman–Crippen MR) is 73.4 cm³/mol. The molecule has 1 fully saturated rings. The van der Waals surface area contributed by atoms with E-state index in [2.05, 4.69) is 10.2 Å². The topological polar surface area (TPSA) is 48.7 Å². The van der Waals surface area contributed by atoms with Gasteiger partial charge in [-0.1, -0.05) is 6.07 Å². The van der Waals surface area contributed by atoms with Crippen molar-refractivity contribution in [2.45, 2.75) is 45.8 Å². The fourth-order valence-corrected chi connectivity index (χ4v) is 2.21. The van der Waals surface area contributed by atoms with Crippen LogP contribution in [0.25, 0.3) is 5.65 Å². The molecule has 0 spiro atoms. The molecule has 6 heteroatoms. The number of rotatable bonds is 1. The van der Waals surface area contributed by atoms with E-state index in [1.54, 1.807) is 6.33 Å². The number of pyridine rings is 1. The van der Waals surface area contributed by atoms with E-state index < -0.39 is 7.12 Å². The van der Waals surface area contributed by atoms with Crippen molar-refractivity contribution in [3.05, 3.63) is 24.2 Å². The van der Waals surface area contributed by atoms with Gasteiger partial charge in [-0.3, -0.25) is 4.40 Å². The summed E-state index contributed by atoms with van der Waals surface area (Å²) in [5.41, 5.74) is 2.10. The fraction of sp³-hybridized carbons (Fsp3) is 0.538. The molecule has 19 heavy (non-hydrogen) atoms. The molecule has 0 bridgehead atoms. The van der Waals surface area contributed by atoms with Gasteiger partial charge in [0, 0.05) is 11.2 Å². The average Bonchev–Trinajstić information content (AvgIpc) is 2.84. The predicted octanol–water partition coefficient (Wildman–Crippen LogP) is 1.34. The van der Waals surface area contributed by atoms with Crippen LogP contribution in [-0.4, -0.2) is 32.9 Å². The number of nitrogens with zero attached hydrogens (tertiary/aromatic N) is 3. The molecule has 2 aromatic rings. The molecule has 3 rings (SSSR count). The monoisotopic (exact) mass is 259 g/mol. The van der Waals surface area contributed by atoms with Gasteiger partial charge in [-0.2, -0.15) is 0 Å². The molecule has 0 unspecified atom stereocenters. The second-order valence-corrected chi connectivity index (χ2v) is 6.04. The van der Waals surface area contributed by atoms with E-state index in [0.717, 1.165) is 16.8 Å². The van der Waals surface area contributed by atoms with Crippen molar-refractivity contribution in [1.82, 2.24) is 14.6 Å². The van der Waals surface area contributed by atoms with E-state index in [-0.39, 0.29) is 11.2 Å². The standard InChI is InChI=1S/C13H18BN3O2/c1-9-6-7-10(11-16-15-8-17(9)11)14-18-12(2,3)13(4,5)19-14/h6-8H,1-5H3. The summed E-state index contributed by atoms with van der Waals surface area (Å²) in [6, 6.07) is 4.03. The molecule has 100 valence electrons. The van der Waals surface area contributed by atoms with Gasteiger partial charge in [-0.05, 0) is 40.7 Å². The molecule has 0 aliphatic carbocycles. The lowest BCUT2D eigenvalue weighted by atomic mass is 9.79. The first-order chi connectivity index (χ1) is 8.82. The van der Waals surface area contributed by atoms with Crippen LogP contribution >= 0.6 is 0 Å². The first-order valence-corrected chi connectivity index (χ1v) is 6.47. The van der Waals surface area contributed by atoms with Gasteiger partial charge in [-0.15, -0.1) is 10.2 Å². The third-order valence-electron chi connectivity index (χ3n) is 4.20. The van der Waals surface area contributed by atoms with Crippen molar-refractivity contribution in [2.24, 2.45) is 0 Å². The number of aromatic nitrogens is 3. The normalized spacial score (nSPS) is 21.2. The number of hydrogen-bond acceptors (Lipinski definition) is 4. The van der Waals surface area contributed by atoms with E-state index in [0.29, 0.717) is 0 Å². The van der Waals surface area contributed by atoms with Crippen molar-refractivity contribution < 1.29 is 9.31 Å². The largest absolute Gasteiger partial charge is 0.498 e. The quantitative estimate of drug-likeness (QED) is 0.725. The summed E-state index contributed by atoms with van der Waals surface area (Å²) in [5.74, 6) is 0. The first kappa shape index (κ1) is 12.6. The van der Waals surface area contributed by atoms with Crippen molar-refractivity contribution in [2.75, 3.05) is 0 Å². The van der Waals surface area contributed by atoms with Gasteiger partial charge in [0.1, 0.15) is 6.33 Å². The highest BCUT2D eigenvalue weighted by atomic mass is 16.7. The maximum Gasteiger partial charge on any atom is 0.498 e. The van der Waals surface area contributed by atoms with Crippen molar-refractivity contribution >= 4 is 18.2 Å². The Morgan fingerprint density at radius 3 is 2.37 bits per heavy atom. The molecule has 0 amide bonds. The fourth-order valence-electron chi connectivity index (χ4n) is 2.21. The highest BCUT2D eigenvalue weighted by Crippen LogP contribution is 2.36. The lowest BCUT2D eigenvalue weighted by molar-refractivity contribution is 0.00578. The van der Waals surface area contributed by atoms with Gasteiger partial charge in [-0.25, -0.2) is 0 Å². The molecule has 1 aliphatic rings. The highest BCUT2D eigenvalue weighted by molar-refractivity contribution is 6.64. The first-order valence-electron chi connectivity index (χ1n) is 6.47. The van der Waals surface area contributed by atoms with Crippen LogP contribution in [0.5, 0.6) is 0 Å². The third kappa shape index (κ3) is 1.78. The number of hydrogen-bond donors (Lipinski definition) is 0. The van der Waals surface area contributed by atoms with E-state index in [9.17, 15) is 0 Å². The summed E-state index contributed by atoms with van der Waals surface area (Å²) in [6.07, 6.45) is 1.71. The summed E-state index contributed by atoms with van der Waals surface area (Å²) in [5, 5.41) is 8.14. The Hall–Kier alpha value is -1.40. The van der Waals surface area contributed by atoms with Gasteiger partial charge >= 0.3 is 7.12 Å². The van der Waals surface area contributed by atoms with Gasteiger partial charge in [0.15, 0.2) is 5.65 Å².